The van der Waals surface area contributed by atoms with Crippen LogP contribution in [0.3, 0.4) is 0 Å². The maximum atomic E-state index is 13.7. The molecule has 8 N–H and O–H groups in total. The van der Waals surface area contributed by atoms with Crippen LogP contribution in [0.4, 0.5) is 5.95 Å². The van der Waals surface area contributed by atoms with Crippen LogP contribution < -0.4 is 11.5 Å². The number of aliphatic hydroxyl groups excluding tert-OH is 2. The summed E-state index contributed by atoms with van der Waals surface area (Å²) >= 11 is 0. The molecule has 1 heterocycles. The van der Waals surface area contributed by atoms with Gasteiger partial charge in [0.25, 0.3) is 5.91 Å². The van der Waals surface area contributed by atoms with E-state index in [0.717, 1.165) is 0 Å². The fraction of sp³-hybridized carbons (Fsp3) is 0.320. The number of phenolic OH excluding ortho intramolecular Hbond substituents is 1. The second-order valence-corrected chi connectivity index (χ2v) is 9.78. The number of rotatable bonds is 3. The van der Waals surface area contributed by atoms with Crippen LogP contribution in [0.5, 0.6) is 5.75 Å². The minimum Gasteiger partial charge on any atom is -0.510 e. The summed E-state index contributed by atoms with van der Waals surface area (Å²) in [5, 5.41) is 44.4. The lowest BCUT2D eigenvalue weighted by Gasteiger charge is -2.50. The van der Waals surface area contributed by atoms with Crippen LogP contribution >= 0.6 is 0 Å². The molecule has 4 atom stereocenters. The molecule has 3 aliphatic carbocycles. The van der Waals surface area contributed by atoms with E-state index in [-0.39, 0.29) is 35.7 Å². The van der Waals surface area contributed by atoms with Gasteiger partial charge in [-0.3, -0.25) is 19.3 Å². The number of nitrogens with two attached hydrogens (primary N) is 2. The van der Waals surface area contributed by atoms with Crippen molar-refractivity contribution in [3.8, 4) is 16.9 Å². The Kier molecular flexibility index (Phi) is 5.35. The highest BCUT2D eigenvalue weighted by molar-refractivity contribution is 6.24. The van der Waals surface area contributed by atoms with Crippen molar-refractivity contribution in [3.05, 3.63) is 58.3 Å². The van der Waals surface area contributed by atoms with Gasteiger partial charge in [0.05, 0.1) is 11.6 Å². The van der Waals surface area contributed by atoms with Crippen molar-refractivity contribution >= 4 is 23.4 Å². The number of anilines is 1. The average molecular weight is 508 g/mol. The lowest BCUT2D eigenvalue weighted by atomic mass is 9.58. The Hall–Kier alpha value is -4.29. The van der Waals surface area contributed by atoms with Crippen molar-refractivity contribution in [2.45, 2.75) is 24.5 Å². The summed E-state index contributed by atoms with van der Waals surface area (Å²) in [6, 6.07) is 1.88. The molecule has 5 rings (SSSR count). The third-order valence-corrected chi connectivity index (χ3v) is 7.59. The van der Waals surface area contributed by atoms with Gasteiger partial charge in [-0.25, -0.2) is 9.97 Å². The van der Waals surface area contributed by atoms with E-state index in [2.05, 4.69) is 9.97 Å². The molecule has 1 amide bonds. The number of benzene rings is 1. The van der Waals surface area contributed by atoms with Gasteiger partial charge in [-0.15, -0.1) is 0 Å². The fourth-order valence-corrected chi connectivity index (χ4v) is 6.00. The summed E-state index contributed by atoms with van der Waals surface area (Å²) in [4.78, 5) is 48.6. The lowest BCUT2D eigenvalue weighted by Crippen LogP contribution is -2.63. The van der Waals surface area contributed by atoms with Crippen LogP contribution in [-0.4, -0.2) is 78.5 Å². The molecule has 192 valence electrons. The van der Waals surface area contributed by atoms with Crippen molar-refractivity contribution in [2.75, 3.05) is 19.8 Å². The highest BCUT2D eigenvalue weighted by Gasteiger charge is 2.63. The third kappa shape index (κ3) is 3.26. The van der Waals surface area contributed by atoms with Gasteiger partial charge >= 0.3 is 0 Å². The molecule has 2 aromatic rings. The average Bonchev–Trinajstić information content (AvgIpc) is 2.82. The highest BCUT2D eigenvalue weighted by Crippen LogP contribution is 2.53. The highest BCUT2D eigenvalue weighted by atomic mass is 16.3. The van der Waals surface area contributed by atoms with Gasteiger partial charge in [0, 0.05) is 29.4 Å². The number of nitrogen functional groups attached to an aromatic ring is 1. The molecule has 0 saturated carbocycles. The number of fused-ring (bicyclic) bond motifs is 3. The molecule has 1 aromatic carbocycles. The van der Waals surface area contributed by atoms with Crippen LogP contribution in [-0.2, 0) is 16.0 Å². The molecule has 0 saturated heterocycles. The van der Waals surface area contributed by atoms with E-state index in [1.54, 1.807) is 20.2 Å². The van der Waals surface area contributed by atoms with Crippen molar-refractivity contribution in [3.63, 3.8) is 0 Å². The van der Waals surface area contributed by atoms with E-state index >= 15 is 0 Å². The van der Waals surface area contributed by atoms with Gasteiger partial charge in [-0.1, -0.05) is 6.07 Å². The van der Waals surface area contributed by atoms with Crippen molar-refractivity contribution in [1.29, 1.82) is 0 Å². The van der Waals surface area contributed by atoms with E-state index in [1.165, 1.54) is 23.4 Å². The molecular formula is C25H25N5O7. The summed E-state index contributed by atoms with van der Waals surface area (Å²) in [6.07, 6.45) is 3.12. The molecule has 4 unspecified atom stereocenters. The Morgan fingerprint density at radius 2 is 1.78 bits per heavy atom. The molecule has 0 radical (unpaired) electrons. The molecule has 0 fully saturated rings. The van der Waals surface area contributed by atoms with E-state index < -0.39 is 58.0 Å². The maximum absolute atomic E-state index is 13.7. The van der Waals surface area contributed by atoms with Gasteiger partial charge in [-0.2, -0.15) is 0 Å². The summed E-state index contributed by atoms with van der Waals surface area (Å²) in [5.41, 5.74) is 8.70. The second kappa shape index (κ2) is 8.11. The summed E-state index contributed by atoms with van der Waals surface area (Å²) in [5.74, 6) is -6.89. The number of carbonyl (C=O) groups excluding carboxylic acids is 3. The first-order chi connectivity index (χ1) is 17.4. The number of likely N-dealkylation sites (N-methyl/N-ethyl adjacent to an activating group) is 1. The van der Waals surface area contributed by atoms with Crippen LogP contribution in [0.15, 0.2) is 47.2 Å². The Labute approximate surface area is 210 Å². The van der Waals surface area contributed by atoms with Gasteiger partial charge in [0.15, 0.2) is 11.4 Å². The number of Topliss-reactive ketones (excluding diaryl/α,β-unsaturated/α-hetero) is 2. The molecule has 1 aromatic heterocycles. The Balaban J connectivity index is 1.72. The largest absolute Gasteiger partial charge is 0.510 e. The van der Waals surface area contributed by atoms with E-state index in [9.17, 15) is 34.8 Å². The van der Waals surface area contributed by atoms with Gasteiger partial charge < -0.3 is 31.9 Å². The first kappa shape index (κ1) is 24.4. The maximum Gasteiger partial charge on any atom is 0.255 e. The zero-order chi connectivity index (χ0) is 27.0. The van der Waals surface area contributed by atoms with Gasteiger partial charge in [0.1, 0.15) is 22.8 Å². The van der Waals surface area contributed by atoms with Crippen LogP contribution in [0.25, 0.3) is 11.1 Å². The lowest BCUT2D eigenvalue weighted by molar-refractivity contribution is -0.148. The summed E-state index contributed by atoms with van der Waals surface area (Å²) in [6.45, 7) is 0. The Morgan fingerprint density at radius 1 is 1.14 bits per heavy atom. The number of carbonyl (C=O) groups is 3. The fourth-order valence-electron chi connectivity index (χ4n) is 6.00. The zero-order valence-electron chi connectivity index (χ0n) is 20.0. The first-order valence-corrected chi connectivity index (χ1v) is 11.5. The molecule has 0 spiro atoms. The van der Waals surface area contributed by atoms with E-state index in [1.807, 2.05) is 0 Å². The van der Waals surface area contributed by atoms with E-state index in [4.69, 9.17) is 11.5 Å². The van der Waals surface area contributed by atoms with Crippen LogP contribution in [0, 0.1) is 11.8 Å². The molecular weight excluding hydrogens is 482 g/mol. The number of aromatic hydroxyl groups is 1. The number of amides is 1. The number of phenols is 1. The number of hydrogen-bond acceptors (Lipinski definition) is 11. The van der Waals surface area contributed by atoms with Crippen molar-refractivity contribution < 1.29 is 34.8 Å². The molecule has 12 nitrogen and oxygen atoms in total. The van der Waals surface area contributed by atoms with Gasteiger partial charge in [-0.05, 0) is 50.0 Å². The standard InChI is InChI=1S/C25H25N5O7/c1-30(2)18-13-6-9-5-12-11(10-7-28-24(27)29-8-10)3-4-14(31)16(12)19(32)15(9)21(34)25(13,37)22(35)17(20(18)33)23(26)36/h3-4,7-9,13,18,31,33-34,37H,5-6H2,1-2H3,(H2,26,36)(H2,27,28,29). The number of aliphatic hydroxyl groups is 3. The number of nitrogens with zero attached hydrogens (tertiary/aromatic N) is 3. The summed E-state index contributed by atoms with van der Waals surface area (Å²) in [7, 11) is 3.15. The van der Waals surface area contributed by atoms with Crippen LogP contribution in [0.2, 0.25) is 0 Å². The Bertz CT molecular complexity index is 1450. The quantitative estimate of drug-likeness (QED) is 0.308. The smallest absolute Gasteiger partial charge is 0.255 e. The van der Waals surface area contributed by atoms with Crippen LogP contribution in [0.1, 0.15) is 22.3 Å². The molecule has 3 aliphatic rings. The van der Waals surface area contributed by atoms with Crippen molar-refractivity contribution in [2.24, 2.45) is 17.6 Å². The normalized spacial score (nSPS) is 27.2. The monoisotopic (exact) mass is 507 g/mol. The summed E-state index contributed by atoms with van der Waals surface area (Å²) < 4.78 is 0. The molecule has 0 aliphatic heterocycles. The predicted molar refractivity (Wildman–Crippen MR) is 129 cm³/mol. The zero-order valence-corrected chi connectivity index (χ0v) is 20.0. The number of allylic oxidation sites excluding steroid dienone is 1. The predicted octanol–water partition coefficient (Wildman–Crippen LogP) is 0.160. The number of primary amides is 1. The Morgan fingerprint density at radius 3 is 2.38 bits per heavy atom. The SMILES string of the molecule is CN(C)C1C(O)=C(C(N)=O)C(=O)C2(O)C(O)=C3C(=O)c4c(O)ccc(-c5cnc(N)nc5)c4CC3CC12. The topological polar surface area (TPSA) is 213 Å². The second-order valence-electron chi connectivity index (χ2n) is 9.78. The number of aromatic nitrogens is 2. The van der Waals surface area contributed by atoms with Crippen molar-refractivity contribution in [1.82, 2.24) is 14.9 Å². The molecule has 37 heavy (non-hydrogen) atoms. The minimum absolute atomic E-state index is 0.000897. The minimum atomic E-state index is -2.68. The van der Waals surface area contributed by atoms with Gasteiger partial charge in [0.2, 0.25) is 11.7 Å². The third-order valence-electron chi connectivity index (χ3n) is 7.59. The van der Waals surface area contributed by atoms with E-state index in [0.29, 0.717) is 16.7 Å². The number of hydrogen-bond donors (Lipinski definition) is 6. The number of ketones is 2. The molecule has 0 bridgehead atoms. The first-order valence-electron chi connectivity index (χ1n) is 11.5. The molecule has 12 heteroatoms.